The Kier molecular flexibility index (Phi) is 7.94. The second-order valence-electron chi connectivity index (χ2n) is 6.29. The summed E-state index contributed by atoms with van der Waals surface area (Å²) in [5, 5.41) is 13.5. The van der Waals surface area contributed by atoms with Gasteiger partial charge >= 0.3 is 12.0 Å². The first kappa shape index (κ1) is 19.4. The minimum Gasteiger partial charge on any atom is -0.481 e. The topological polar surface area (TPSA) is 98.7 Å². The van der Waals surface area contributed by atoms with Gasteiger partial charge in [-0.3, -0.25) is 14.9 Å². The second kappa shape index (κ2) is 8.61. The number of carboxylic acid groups (broad SMARTS) is 1. The molecule has 122 valence electrons. The summed E-state index contributed by atoms with van der Waals surface area (Å²) in [6.07, 6.45) is -0.139. The van der Waals surface area contributed by atoms with Gasteiger partial charge in [0.1, 0.15) is 0 Å². The molecule has 0 unspecified atom stereocenters. The van der Waals surface area contributed by atoms with Crippen molar-refractivity contribution >= 4 is 17.9 Å². The summed E-state index contributed by atoms with van der Waals surface area (Å²) in [6.45, 7) is 8.57. The molecule has 0 radical (unpaired) electrons. The maximum atomic E-state index is 11.7. The Morgan fingerprint density at radius 2 is 1.76 bits per heavy atom. The van der Waals surface area contributed by atoms with Gasteiger partial charge in [0.25, 0.3) is 0 Å². The van der Waals surface area contributed by atoms with Crippen LogP contribution >= 0.6 is 0 Å². The van der Waals surface area contributed by atoms with Gasteiger partial charge in [0.2, 0.25) is 5.91 Å². The van der Waals surface area contributed by atoms with Gasteiger partial charge in [-0.15, -0.1) is 0 Å². The highest BCUT2D eigenvalue weighted by molar-refractivity contribution is 5.94. The van der Waals surface area contributed by atoms with Crippen molar-refractivity contribution in [3.8, 4) is 0 Å². The molecule has 0 aromatic heterocycles. The summed E-state index contributed by atoms with van der Waals surface area (Å²) in [6, 6.07) is -0.170. The summed E-state index contributed by atoms with van der Waals surface area (Å²) in [5.74, 6) is -1.44. The van der Waals surface area contributed by atoms with Gasteiger partial charge in [0.05, 0.1) is 6.42 Å². The standard InChI is InChI=1S/C14H27N3O4/c1-10(2)17(5)7-6-15-13(21)16-11(18)8-14(3,4)9-12(19)20/h10H,6-9H2,1-5H3,(H,19,20)(H2,15,16,18,21). The van der Waals surface area contributed by atoms with Crippen molar-refractivity contribution in [1.29, 1.82) is 0 Å². The Balaban J connectivity index is 4.05. The highest BCUT2D eigenvalue weighted by Crippen LogP contribution is 2.24. The molecule has 0 atom stereocenters. The highest BCUT2D eigenvalue weighted by Gasteiger charge is 2.25. The first-order valence-electron chi connectivity index (χ1n) is 7.03. The molecule has 0 rings (SSSR count). The van der Waals surface area contributed by atoms with Crippen LogP contribution in [0.2, 0.25) is 0 Å². The number of carboxylic acids is 1. The summed E-state index contributed by atoms with van der Waals surface area (Å²) in [4.78, 5) is 35.9. The molecule has 0 aromatic carbocycles. The molecular formula is C14H27N3O4. The molecule has 3 N–H and O–H groups in total. The molecule has 0 bridgehead atoms. The molecule has 0 aliphatic heterocycles. The second-order valence-corrected chi connectivity index (χ2v) is 6.29. The number of hydrogen-bond donors (Lipinski definition) is 3. The zero-order valence-corrected chi connectivity index (χ0v) is 13.5. The predicted octanol–water partition coefficient (Wildman–Crippen LogP) is 1.04. The normalized spacial score (nSPS) is 11.6. The lowest BCUT2D eigenvalue weighted by atomic mass is 9.85. The number of amides is 3. The van der Waals surface area contributed by atoms with E-state index in [1.807, 2.05) is 20.9 Å². The Hall–Kier alpha value is -1.63. The van der Waals surface area contributed by atoms with E-state index in [-0.39, 0.29) is 12.8 Å². The summed E-state index contributed by atoms with van der Waals surface area (Å²) in [5.41, 5.74) is -0.686. The van der Waals surface area contributed by atoms with Gasteiger partial charge < -0.3 is 15.3 Å². The van der Waals surface area contributed by atoms with Gasteiger partial charge in [-0.05, 0) is 26.3 Å². The average Bonchev–Trinajstić information content (AvgIpc) is 2.24. The number of rotatable bonds is 8. The van der Waals surface area contributed by atoms with E-state index in [2.05, 4.69) is 15.5 Å². The average molecular weight is 301 g/mol. The lowest BCUT2D eigenvalue weighted by Gasteiger charge is -2.22. The number of carbonyl (C=O) groups excluding carboxylic acids is 2. The molecule has 7 nitrogen and oxygen atoms in total. The molecule has 0 fully saturated rings. The van der Waals surface area contributed by atoms with Crippen LogP contribution in [0.1, 0.15) is 40.5 Å². The first-order chi connectivity index (χ1) is 9.53. The van der Waals surface area contributed by atoms with Crippen LogP contribution in [-0.2, 0) is 9.59 Å². The van der Waals surface area contributed by atoms with Crippen LogP contribution in [-0.4, -0.2) is 54.1 Å². The largest absolute Gasteiger partial charge is 0.481 e. The fraction of sp³-hybridized carbons (Fsp3) is 0.786. The number of urea groups is 1. The number of imide groups is 1. The van der Waals surface area contributed by atoms with Gasteiger partial charge in [0.15, 0.2) is 0 Å². The third-order valence-corrected chi connectivity index (χ3v) is 3.15. The van der Waals surface area contributed by atoms with Crippen LogP contribution in [0.3, 0.4) is 0 Å². The molecule has 3 amide bonds. The van der Waals surface area contributed by atoms with Crippen molar-refractivity contribution in [1.82, 2.24) is 15.5 Å². The number of nitrogens with one attached hydrogen (secondary N) is 2. The fourth-order valence-corrected chi connectivity index (χ4v) is 1.73. The monoisotopic (exact) mass is 301 g/mol. The highest BCUT2D eigenvalue weighted by atomic mass is 16.4. The van der Waals surface area contributed by atoms with Crippen molar-refractivity contribution in [2.75, 3.05) is 20.1 Å². The van der Waals surface area contributed by atoms with Crippen molar-refractivity contribution in [3.05, 3.63) is 0 Å². The summed E-state index contributed by atoms with van der Waals surface area (Å²) < 4.78 is 0. The molecule has 0 heterocycles. The maximum Gasteiger partial charge on any atom is 0.321 e. The molecular weight excluding hydrogens is 274 g/mol. The lowest BCUT2D eigenvalue weighted by molar-refractivity contribution is -0.139. The van der Waals surface area contributed by atoms with Gasteiger partial charge in [-0.1, -0.05) is 13.8 Å². The number of aliphatic carboxylic acids is 1. The predicted molar refractivity (Wildman–Crippen MR) is 80.0 cm³/mol. The van der Waals surface area contributed by atoms with Crippen molar-refractivity contribution < 1.29 is 19.5 Å². The van der Waals surface area contributed by atoms with E-state index >= 15 is 0 Å². The summed E-state index contributed by atoms with van der Waals surface area (Å²) >= 11 is 0. The van der Waals surface area contributed by atoms with Crippen LogP contribution in [0.4, 0.5) is 4.79 Å². The van der Waals surface area contributed by atoms with Crippen LogP contribution in [0.25, 0.3) is 0 Å². The fourth-order valence-electron chi connectivity index (χ4n) is 1.73. The Morgan fingerprint density at radius 1 is 1.19 bits per heavy atom. The summed E-state index contributed by atoms with van der Waals surface area (Å²) in [7, 11) is 1.95. The van der Waals surface area contributed by atoms with E-state index < -0.39 is 23.3 Å². The number of nitrogens with zero attached hydrogens (tertiary/aromatic N) is 1. The Morgan fingerprint density at radius 3 is 2.24 bits per heavy atom. The molecule has 7 heteroatoms. The molecule has 0 aliphatic carbocycles. The SMILES string of the molecule is CC(C)N(C)CCNC(=O)NC(=O)CC(C)(C)CC(=O)O. The van der Waals surface area contributed by atoms with Gasteiger partial charge in [0, 0.05) is 25.6 Å². The lowest BCUT2D eigenvalue weighted by Crippen LogP contribution is -2.44. The third kappa shape index (κ3) is 9.84. The van der Waals surface area contributed by atoms with Crippen LogP contribution < -0.4 is 10.6 Å². The number of carbonyl (C=O) groups is 3. The number of hydrogen-bond acceptors (Lipinski definition) is 4. The van der Waals surface area contributed by atoms with E-state index in [4.69, 9.17) is 5.11 Å². The maximum absolute atomic E-state index is 11.7. The molecule has 0 spiro atoms. The quantitative estimate of drug-likeness (QED) is 0.622. The van der Waals surface area contributed by atoms with Crippen molar-refractivity contribution in [2.45, 2.75) is 46.6 Å². The molecule has 21 heavy (non-hydrogen) atoms. The molecule has 0 saturated heterocycles. The van der Waals surface area contributed by atoms with Gasteiger partial charge in [-0.25, -0.2) is 4.79 Å². The van der Waals surface area contributed by atoms with E-state index in [1.165, 1.54) is 0 Å². The van der Waals surface area contributed by atoms with Crippen LogP contribution in [0.5, 0.6) is 0 Å². The zero-order chi connectivity index (χ0) is 16.6. The van der Waals surface area contributed by atoms with E-state index in [1.54, 1.807) is 13.8 Å². The minimum absolute atomic E-state index is 0.0153. The smallest absolute Gasteiger partial charge is 0.321 e. The van der Waals surface area contributed by atoms with E-state index in [0.29, 0.717) is 19.1 Å². The van der Waals surface area contributed by atoms with Crippen molar-refractivity contribution in [2.24, 2.45) is 5.41 Å². The first-order valence-corrected chi connectivity index (χ1v) is 7.03. The Bertz CT molecular complexity index is 380. The molecule has 0 aliphatic rings. The van der Waals surface area contributed by atoms with Crippen LogP contribution in [0.15, 0.2) is 0 Å². The van der Waals surface area contributed by atoms with E-state index in [9.17, 15) is 14.4 Å². The van der Waals surface area contributed by atoms with Crippen molar-refractivity contribution in [3.63, 3.8) is 0 Å². The number of likely N-dealkylation sites (N-methyl/N-ethyl adjacent to an activating group) is 1. The van der Waals surface area contributed by atoms with E-state index in [0.717, 1.165) is 0 Å². The zero-order valence-electron chi connectivity index (χ0n) is 13.5. The van der Waals surface area contributed by atoms with Crippen LogP contribution in [0, 0.1) is 5.41 Å². The Labute approximate surface area is 126 Å². The minimum atomic E-state index is -0.964. The van der Waals surface area contributed by atoms with Gasteiger partial charge in [-0.2, -0.15) is 0 Å². The molecule has 0 aromatic rings. The molecule has 0 saturated carbocycles. The third-order valence-electron chi connectivity index (χ3n) is 3.15.